The van der Waals surface area contributed by atoms with Gasteiger partial charge in [-0.2, -0.15) is 0 Å². The summed E-state index contributed by atoms with van der Waals surface area (Å²) in [6, 6.07) is 0.449. The van der Waals surface area contributed by atoms with Crippen molar-refractivity contribution in [2.45, 2.75) is 56.5 Å². The van der Waals surface area contributed by atoms with Crippen molar-refractivity contribution in [1.82, 2.24) is 5.32 Å². The molecule has 1 heterocycles. The molecule has 0 spiro atoms. The largest absolute Gasteiger partial charge is 0.468 e. The van der Waals surface area contributed by atoms with Crippen LogP contribution in [0.25, 0.3) is 0 Å². The van der Waals surface area contributed by atoms with Gasteiger partial charge in [0.1, 0.15) is 5.54 Å². The molecule has 0 aromatic carbocycles. The van der Waals surface area contributed by atoms with Crippen molar-refractivity contribution in [3.8, 4) is 0 Å². The SMILES string of the molecule is COC(=O)C1(NC2CCCCC2)CCCOC1. The monoisotopic (exact) mass is 241 g/mol. The Hall–Kier alpha value is -0.610. The Morgan fingerprint density at radius 2 is 2.06 bits per heavy atom. The molecule has 2 aliphatic rings. The van der Waals surface area contributed by atoms with E-state index in [2.05, 4.69) is 5.32 Å². The maximum Gasteiger partial charge on any atom is 0.328 e. The van der Waals surface area contributed by atoms with E-state index in [9.17, 15) is 4.79 Å². The minimum atomic E-state index is -0.588. The third-order valence-electron chi connectivity index (χ3n) is 3.90. The predicted molar refractivity (Wildman–Crippen MR) is 64.8 cm³/mol. The first-order chi connectivity index (χ1) is 8.27. The van der Waals surface area contributed by atoms with E-state index in [4.69, 9.17) is 9.47 Å². The summed E-state index contributed by atoms with van der Waals surface area (Å²) >= 11 is 0. The van der Waals surface area contributed by atoms with Gasteiger partial charge in [-0.3, -0.25) is 5.32 Å². The molecular formula is C13H23NO3. The zero-order chi connectivity index (χ0) is 12.1. The Balaban J connectivity index is 2.01. The number of hydrogen-bond acceptors (Lipinski definition) is 4. The lowest BCUT2D eigenvalue weighted by atomic mass is 9.87. The highest BCUT2D eigenvalue weighted by Gasteiger charge is 2.43. The molecule has 4 nitrogen and oxygen atoms in total. The van der Waals surface area contributed by atoms with Crippen LogP contribution in [0, 0.1) is 0 Å². The zero-order valence-electron chi connectivity index (χ0n) is 10.7. The summed E-state index contributed by atoms with van der Waals surface area (Å²) in [7, 11) is 1.46. The van der Waals surface area contributed by atoms with Crippen LogP contribution in [-0.4, -0.2) is 37.9 Å². The van der Waals surface area contributed by atoms with E-state index in [0.29, 0.717) is 12.6 Å². The number of ether oxygens (including phenoxy) is 2. The lowest BCUT2D eigenvalue weighted by molar-refractivity contribution is -0.155. The normalized spacial score (nSPS) is 31.1. The molecule has 1 unspecified atom stereocenters. The Bertz CT molecular complexity index is 255. The molecule has 0 aromatic rings. The Labute approximate surface area is 103 Å². The number of carbonyl (C=O) groups excluding carboxylic acids is 1. The van der Waals surface area contributed by atoms with Gasteiger partial charge in [-0.25, -0.2) is 4.79 Å². The van der Waals surface area contributed by atoms with Crippen LogP contribution in [0.1, 0.15) is 44.9 Å². The van der Waals surface area contributed by atoms with Crippen LogP contribution in [0.5, 0.6) is 0 Å². The molecule has 98 valence electrons. The van der Waals surface area contributed by atoms with Gasteiger partial charge in [0.25, 0.3) is 0 Å². The second-order valence-electron chi connectivity index (χ2n) is 5.21. The number of rotatable bonds is 3. The predicted octanol–water partition coefficient (Wildman–Crippen LogP) is 1.63. The molecule has 2 fully saturated rings. The van der Waals surface area contributed by atoms with Gasteiger partial charge >= 0.3 is 5.97 Å². The maximum atomic E-state index is 12.0. The molecule has 1 N–H and O–H groups in total. The molecule has 1 atom stereocenters. The highest BCUT2D eigenvalue weighted by molar-refractivity contribution is 5.81. The van der Waals surface area contributed by atoms with Gasteiger partial charge in [0.15, 0.2) is 0 Å². The van der Waals surface area contributed by atoms with Crippen molar-refractivity contribution in [2.75, 3.05) is 20.3 Å². The summed E-state index contributed by atoms with van der Waals surface area (Å²) in [5.41, 5.74) is -0.588. The fourth-order valence-electron chi connectivity index (χ4n) is 2.96. The van der Waals surface area contributed by atoms with Crippen LogP contribution in [-0.2, 0) is 14.3 Å². The van der Waals surface area contributed by atoms with Gasteiger partial charge in [0.05, 0.1) is 13.7 Å². The average Bonchev–Trinajstić information content (AvgIpc) is 2.40. The smallest absolute Gasteiger partial charge is 0.328 e. The molecule has 17 heavy (non-hydrogen) atoms. The van der Waals surface area contributed by atoms with E-state index in [-0.39, 0.29) is 5.97 Å². The van der Waals surface area contributed by atoms with Crippen LogP contribution in [0.2, 0.25) is 0 Å². The summed E-state index contributed by atoms with van der Waals surface area (Å²) in [5.74, 6) is -0.164. The van der Waals surface area contributed by atoms with Crippen LogP contribution in [0.3, 0.4) is 0 Å². The van der Waals surface area contributed by atoms with Gasteiger partial charge in [0, 0.05) is 12.6 Å². The van der Waals surface area contributed by atoms with Crippen LogP contribution < -0.4 is 5.32 Å². The second kappa shape index (κ2) is 5.83. The number of nitrogens with one attached hydrogen (secondary N) is 1. The van der Waals surface area contributed by atoms with Gasteiger partial charge in [-0.1, -0.05) is 19.3 Å². The van der Waals surface area contributed by atoms with E-state index in [1.165, 1.54) is 39.2 Å². The zero-order valence-corrected chi connectivity index (χ0v) is 10.7. The third kappa shape index (κ3) is 2.99. The molecule has 1 saturated carbocycles. The first kappa shape index (κ1) is 12.8. The van der Waals surface area contributed by atoms with Crippen molar-refractivity contribution in [3.05, 3.63) is 0 Å². The lowest BCUT2D eigenvalue weighted by Crippen LogP contribution is -2.61. The fourth-order valence-corrected chi connectivity index (χ4v) is 2.96. The van der Waals surface area contributed by atoms with Crippen molar-refractivity contribution in [2.24, 2.45) is 0 Å². The van der Waals surface area contributed by atoms with E-state index >= 15 is 0 Å². The molecule has 0 amide bonds. The molecule has 1 aliphatic carbocycles. The van der Waals surface area contributed by atoms with Gasteiger partial charge in [-0.05, 0) is 25.7 Å². The Kier molecular flexibility index (Phi) is 4.40. The van der Waals surface area contributed by atoms with Crippen molar-refractivity contribution >= 4 is 5.97 Å². The molecule has 4 heteroatoms. The van der Waals surface area contributed by atoms with Gasteiger partial charge < -0.3 is 9.47 Å². The van der Waals surface area contributed by atoms with E-state index < -0.39 is 5.54 Å². The van der Waals surface area contributed by atoms with E-state index in [1.54, 1.807) is 0 Å². The molecule has 1 aliphatic heterocycles. The third-order valence-corrected chi connectivity index (χ3v) is 3.90. The van der Waals surface area contributed by atoms with Crippen molar-refractivity contribution < 1.29 is 14.3 Å². The molecule has 0 bridgehead atoms. The van der Waals surface area contributed by atoms with Crippen molar-refractivity contribution in [3.63, 3.8) is 0 Å². The fraction of sp³-hybridized carbons (Fsp3) is 0.923. The maximum absolute atomic E-state index is 12.0. The van der Waals surface area contributed by atoms with Gasteiger partial charge in [0.2, 0.25) is 0 Å². The van der Waals surface area contributed by atoms with Gasteiger partial charge in [-0.15, -0.1) is 0 Å². The van der Waals surface area contributed by atoms with Crippen LogP contribution >= 0.6 is 0 Å². The van der Waals surface area contributed by atoms with E-state index in [0.717, 1.165) is 19.4 Å². The summed E-state index contributed by atoms with van der Waals surface area (Å²) < 4.78 is 10.4. The quantitative estimate of drug-likeness (QED) is 0.763. The van der Waals surface area contributed by atoms with Crippen molar-refractivity contribution in [1.29, 1.82) is 0 Å². The lowest BCUT2D eigenvalue weighted by Gasteiger charge is -2.39. The minimum absolute atomic E-state index is 0.164. The first-order valence-corrected chi connectivity index (χ1v) is 6.71. The highest BCUT2D eigenvalue weighted by atomic mass is 16.5. The molecule has 0 radical (unpaired) electrons. The minimum Gasteiger partial charge on any atom is -0.468 e. The average molecular weight is 241 g/mol. The Morgan fingerprint density at radius 3 is 2.65 bits per heavy atom. The molecule has 0 aromatic heterocycles. The number of carbonyl (C=O) groups is 1. The van der Waals surface area contributed by atoms with Crippen LogP contribution in [0.15, 0.2) is 0 Å². The molecular weight excluding hydrogens is 218 g/mol. The molecule has 1 saturated heterocycles. The number of hydrogen-bond donors (Lipinski definition) is 1. The standard InChI is InChI=1S/C13H23NO3/c1-16-12(15)13(8-5-9-17-10-13)14-11-6-3-2-4-7-11/h11,14H,2-10H2,1H3. The highest BCUT2D eigenvalue weighted by Crippen LogP contribution is 2.25. The summed E-state index contributed by atoms with van der Waals surface area (Å²) in [5, 5.41) is 3.52. The summed E-state index contributed by atoms with van der Waals surface area (Å²) in [6.07, 6.45) is 7.92. The Morgan fingerprint density at radius 1 is 1.29 bits per heavy atom. The topological polar surface area (TPSA) is 47.6 Å². The molecule has 2 rings (SSSR count). The number of esters is 1. The first-order valence-electron chi connectivity index (χ1n) is 6.71. The summed E-state index contributed by atoms with van der Waals surface area (Å²) in [4.78, 5) is 12.0. The number of methoxy groups -OCH3 is 1. The van der Waals surface area contributed by atoms with Crippen LogP contribution in [0.4, 0.5) is 0 Å². The summed E-state index contributed by atoms with van der Waals surface area (Å²) in [6.45, 7) is 1.21. The van der Waals surface area contributed by atoms with E-state index in [1.807, 2.05) is 0 Å². The second-order valence-corrected chi connectivity index (χ2v) is 5.21.